The Labute approximate surface area is 104 Å². The molecule has 0 amide bonds. The summed E-state index contributed by atoms with van der Waals surface area (Å²) in [7, 11) is -3.82. The van der Waals surface area contributed by atoms with Crippen LogP contribution < -0.4 is 0 Å². The number of sulfonamides is 1. The van der Waals surface area contributed by atoms with E-state index in [0.29, 0.717) is 13.0 Å². The average Bonchev–Trinajstić information content (AvgIpc) is 2.73. The zero-order chi connectivity index (χ0) is 13.3. The number of carboxylic acid groups (broad SMARTS) is 1. The number of aromatic carboxylic acids is 1. The van der Waals surface area contributed by atoms with Gasteiger partial charge in [0.1, 0.15) is 4.90 Å². The molecule has 0 radical (unpaired) electrons. The van der Waals surface area contributed by atoms with Gasteiger partial charge in [-0.2, -0.15) is 9.40 Å². The molecule has 1 aliphatic heterocycles. The van der Waals surface area contributed by atoms with Gasteiger partial charge in [0.15, 0.2) is 5.69 Å². The Morgan fingerprint density at radius 1 is 1.50 bits per heavy atom. The first kappa shape index (κ1) is 12.8. The minimum Gasteiger partial charge on any atom is -0.476 e. The van der Waals surface area contributed by atoms with Gasteiger partial charge in [-0.3, -0.25) is 5.10 Å². The van der Waals surface area contributed by atoms with Crippen molar-refractivity contribution in [3.8, 4) is 0 Å². The van der Waals surface area contributed by atoms with Crippen LogP contribution in [0.3, 0.4) is 0 Å². The highest BCUT2D eigenvalue weighted by molar-refractivity contribution is 7.89. The van der Waals surface area contributed by atoms with E-state index in [-0.39, 0.29) is 17.1 Å². The summed E-state index contributed by atoms with van der Waals surface area (Å²) in [4.78, 5) is 10.7. The van der Waals surface area contributed by atoms with Crippen LogP contribution in [0.4, 0.5) is 0 Å². The maximum absolute atomic E-state index is 12.4. The van der Waals surface area contributed by atoms with Gasteiger partial charge in [-0.25, -0.2) is 13.2 Å². The van der Waals surface area contributed by atoms with Crippen molar-refractivity contribution in [1.29, 1.82) is 0 Å². The van der Waals surface area contributed by atoms with E-state index in [2.05, 4.69) is 10.2 Å². The number of nitrogens with zero attached hydrogens (tertiary/aromatic N) is 2. The van der Waals surface area contributed by atoms with Gasteiger partial charge in [0.2, 0.25) is 10.0 Å². The quantitative estimate of drug-likeness (QED) is 0.773. The molecule has 2 rings (SSSR count). The van der Waals surface area contributed by atoms with Crippen molar-refractivity contribution < 1.29 is 18.3 Å². The van der Waals surface area contributed by atoms with Crippen molar-refractivity contribution in [1.82, 2.24) is 14.5 Å². The molecule has 0 aliphatic carbocycles. The summed E-state index contributed by atoms with van der Waals surface area (Å²) in [6.45, 7) is 2.10. The average molecular weight is 271 g/mol. The van der Waals surface area contributed by atoms with Gasteiger partial charge in [0.05, 0.1) is 5.69 Å². The van der Waals surface area contributed by atoms with Crippen molar-refractivity contribution in [3.63, 3.8) is 0 Å². The van der Waals surface area contributed by atoms with Crippen LogP contribution in [0.5, 0.6) is 0 Å². The number of hydrogen-bond donors (Lipinski definition) is 2. The lowest BCUT2D eigenvalue weighted by atomic mass is 10.3. The molecule has 0 bridgehead atoms. The molecule has 98 valence electrons. The third kappa shape index (κ3) is 2.04. The van der Waals surface area contributed by atoms with Gasteiger partial charge < -0.3 is 5.11 Å². The fourth-order valence-electron chi connectivity index (χ4n) is 1.85. The monoisotopic (exact) mass is 271 g/mol. The number of aromatic nitrogens is 2. The molecule has 0 spiro atoms. The number of aromatic amines is 1. The number of hydrogen-bond acceptors (Lipinski definition) is 4. The second-order valence-corrected chi connectivity index (χ2v) is 5.83. The summed E-state index contributed by atoms with van der Waals surface area (Å²) >= 11 is 0. The lowest BCUT2D eigenvalue weighted by Crippen LogP contribution is -2.34. The summed E-state index contributed by atoms with van der Waals surface area (Å²) < 4.78 is 26.0. The normalized spacial score (nSPS) is 16.9. The maximum atomic E-state index is 12.4. The molecular formula is C10H13N3O4S. The first-order valence-corrected chi connectivity index (χ1v) is 6.82. The minimum atomic E-state index is -3.82. The molecule has 1 aromatic heterocycles. The van der Waals surface area contributed by atoms with Crippen LogP contribution in [0.2, 0.25) is 0 Å². The first-order valence-electron chi connectivity index (χ1n) is 5.38. The Morgan fingerprint density at radius 3 is 2.78 bits per heavy atom. The van der Waals surface area contributed by atoms with E-state index >= 15 is 0 Å². The highest BCUT2D eigenvalue weighted by Gasteiger charge is 2.33. The number of rotatable bonds is 3. The second-order valence-electron chi connectivity index (χ2n) is 3.95. The summed E-state index contributed by atoms with van der Waals surface area (Å²) in [5, 5.41) is 14.9. The van der Waals surface area contributed by atoms with Gasteiger partial charge >= 0.3 is 5.97 Å². The van der Waals surface area contributed by atoms with Crippen LogP contribution in [0.25, 0.3) is 0 Å². The zero-order valence-electron chi connectivity index (χ0n) is 9.75. The van der Waals surface area contributed by atoms with Crippen molar-refractivity contribution >= 4 is 16.0 Å². The number of H-pyrrole nitrogens is 1. The SMILES string of the molecule is Cc1[nH]nc(C(=O)O)c1S(=O)(=O)N1CC=CCC1. The summed E-state index contributed by atoms with van der Waals surface area (Å²) in [6, 6.07) is 0. The highest BCUT2D eigenvalue weighted by Crippen LogP contribution is 2.23. The van der Waals surface area contributed by atoms with Crippen molar-refractivity contribution in [2.24, 2.45) is 0 Å². The third-order valence-corrected chi connectivity index (χ3v) is 4.74. The molecule has 0 fully saturated rings. The molecule has 2 N–H and O–H groups in total. The molecule has 18 heavy (non-hydrogen) atoms. The Balaban J connectivity index is 2.50. The van der Waals surface area contributed by atoms with Crippen LogP contribution in [-0.4, -0.2) is 47.1 Å². The zero-order valence-corrected chi connectivity index (χ0v) is 10.6. The van der Waals surface area contributed by atoms with E-state index in [4.69, 9.17) is 5.11 Å². The Hall–Kier alpha value is -1.67. The van der Waals surface area contributed by atoms with Crippen LogP contribution in [0, 0.1) is 6.92 Å². The van der Waals surface area contributed by atoms with Crippen molar-refractivity contribution in [2.45, 2.75) is 18.2 Å². The minimum absolute atomic E-state index is 0.238. The fourth-order valence-corrected chi connectivity index (χ4v) is 3.54. The van der Waals surface area contributed by atoms with Gasteiger partial charge in [-0.1, -0.05) is 12.2 Å². The first-order chi connectivity index (χ1) is 8.44. The Morgan fingerprint density at radius 2 is 2.22 bits per heavy atom. The van der Waals surface area contributed by atoms with E-state index in [1.54, 1.807) is 6.08 Å². The number of aryl methyl sites for hydroxylation is 1. The smallest absolute Gasteiger partial charge is 0.357 e. The summed E-state index contributed by atoms with van der Waals surface area (Å²) in [6.07, 6.45) is 4.27. The Bertz CT molecular complexity index is 603. The van der Waals surface area contributed by atoms with Gasteiger partial charge in [-0.15, -0.1) is 0 Å². The van der Waals surface area contributed by atoms with Crippen LogP contribution in [-0.2, 0) is 10.0 Å². The standard InChI is InChI=1S/C10H13N3O4S/c1-7-9(8(10(14)15)12-11-7)18(16,17)13-5-3-2-4-6-13/h2-3H,4-6H2,1H3,(H,11,12)(H,14,15). The van der Waals surface area contributed by atoms with Crippen LogP contribution in [0.1, 0.15) is 22.6 Å². The molecule has 7 nitrogen and oxygen atoms in total. The molecule has 0 aromatic carbocycles. The molecule has 0 saturated heterocycles. The molecule has 1 aromatic rings. The number of nitrogens with one attached hydrogen (secondary N) is 1. The predicted molar refractivity (Wildman–Crippen MR) is 62.8 cm³/mol. The molecule has 0 saturated carbocycles. The van der Waals surface area contributed by atoms with Gasteiger partial charge in [0.25, 0.3) is 0 Å². The van der Waals surface area contributed by atoms with E-state index in [1.165, 1.54) is 11.2 Å². The highest BCUT2D eigenvalue weighted by atomic mass is 32.2. The topological polar surface area (TPSA) is 103 Å². The molecule has 0 atom stereocenters. The fraction of sp³-hybridized carbons (Fsp3) is 0.400. The molecule has 0 unspecified atom stereocenters. The summed E-state index contributed by atoms with van der Waals surface area (Å²) in [5.74, 6) is -1.36. The molecule has 2 heterocycles. The van der Waals surface area contributed by atoms with Crippen LogP contribution >= 0.6 is 0 Å². The van der Waals surface area contributed by atoms with Crippen molar-refractivity contribution in [3.05, 3.63) is 23.5 Å². The maximum Gasteiger partial charge on any atom is 0.357 e. The number of carbonyl (C=O) groups is 1. The molecule has 1 aliphatic rings. The second kappa shape index (κ2) is 4.54. The predicted octanol–water partition coefficient (Wildman–Crippen LogP) is 0.367. The van der Waals surface area contributed by atoms with E-state index < -0.39 is 21.7 Å². The van der Waals surface area contributed by atoms with Crippen LogP contribution in [0.15, 0.2) is 17.0 Å². The summed E-state index contributed by atoms with van der Waals surface area (Å²) in [5.41, 5.74) is -0.219. The van der Waals surface area contributed by atoms with E-state index in [0.717, 1.165) is 0 Å². The Kier molecular flexibility index (Phi) is 3.22. The molecule has 8 heteroatoms. The van der Waals surface area contributed by atoms with E-state index in [9.17, 15) is 13.2 Å². The number of carboxylic acids is 1. The lowest BCUT2D eigenvalue weighted by molar-refractivity contribution is 0.0686. The lowest BCUT2D eigenvalue weighted by Gasteiger charge is -2.22. The van der Waals surface area contributed by atoms with Crippen molar-refractivity contribution in [2.75, 3.05) is 13.1 Å². The van der Waals surface area contributed by atoms with Gasteiger partial charge in [0, 0.05) is 13.1 Å². The third-order valence-electron chi connectivity index (χ3n) is 2.71. The van der Waals surface area contributed by atoms with Gasteiger partial charge in [-0.05, 0) is 13.3 Å². The van der Waals surface area contributed by atoms with E-state index in [1.807, 2.05) is 6.08 Å². The largest absolute Gasteiger partial charge is 0.476 e. The molecular weight excluding hydrogens is 258 g/mol.